The van der Waals surface area contributed by atoms with Crippen LogP contribution >= 0.6 is 23.2 Å². The Morgan fingerprint density at radius 3 is 1.21 bits per heavy atom. The Hall–Kier alpha value is -1.26. The van der Waals surface area contributed by atoms with Crippen molar-refractivity contribution < 1.29 is 0 Å². The van der Waals surface area contributed by atoms with E-state index in [0.717, 1.165) is 11.1 Å². The third-order valence-electron chi connectivity index (χ3n) is 1.57. The second-order valence-corrected chi connectivity index (χ2v) is 3.16. The molecule has 14 heavy (non-hydrogen) atoms. The standard InChI is InChI=1S/C8H4Cl2N4/c9-7-11-1-5(2-12-7)6-3-13-8(10)14-4-6/h1-4H. The fourth-order valence-electron chi connectivity index (χ4n) is 0.923. The Labute approximate surface area is 90.0 Å². The van der Waals surface area contributed by atoms with Gasteiger partial charge in [0.1, 0.15) is 0 Å². The van der Waals surface area contributed by atoms with Gasteiger partial charge in [-0.2, -0.15) is 0 Å². The van der Waals surface area contributed by atoms with E-state index in [1.54, 1.807) is 24.8 Å². The second kappa shape index (κ2) is 3.86. The highest BCUT2D eigenvalue weighted by molar-refractivity contribution is 6.28. The molecule has 0 aromatic carbocycles. The van der Waals surface area contributed by atoms with E-state index in [9.17, 15) is 0 Å². The lowest BCUT2D eigenvalue weighted by Crippen LogP contribution is -1.87. The van der Waals surface area contributed by atoms with Gasteiger partial charge in [-0.3, -0.25) is 0 Å². The van der Waals surface area contributed by atoms with Gasteiger partial charge in [0.25, 0.3) is 0 Å². The zero-order chi connectivity index (χ0) is 9.97. The molecule has 0 aliphatic heterocycles. The lowest BCUT2D eigenvalue weighted by Gasteiger charge is -1.98. The molecule has 6 heteroatoms. The Balaban J connectivity index is 2.40. The van der Waals surface area contributed by atoms with Crippen molar-refractivity contribution in [2.45, 2.75) is 0 Å². The van der Waals surface area contributed by atoms with E-state index in [1.807, 2.05) is 0 Å². The van der Waals surface area contributed by atoms with Crippen molar-refractivity contribution in [3.05, 3.63) is 35.4 Å². The molecule has 0 aliphatic rings. The Morgan fingerprint density at radius 1 is 0.643 bits per heavy atom. The van der Waals surface area contributed by atoms with Gasteiger partial charge in [-0.15, -0.1) is 0 Å². The van der Waals surface area contributed by atoms with Crippen molar-refractivity contribution in [1.82, 2.24) is 19.9 Å². The first-order chi connectivity index (χ1) is 6.75. The van der Waals surface area contributed by atoms with E-state index < -0.39 is 0 Å². The summed E-state index contributed by atoms with van der Waals surface area (Å²) in [5, 5.41) is 0.423. The van der Waals surface area contributed by atoms with Gasteiger partial charge in [-0.25, -0.2) is 19.9 Å². The van der Waals surface area contributed by atoms with Crippen LogP contribution in [0, 0.1) is 0 Å². The predicted octanol–water partition coefficient (Wildman–Crippen LogP) is 2.24. The number of rotatable bonds is 1. The largest absolute Gasteiger partial charge is 0.226 e. The predicted molar refractivity (Wildman–Crippen MR) is 53.1 cm³/mol. The molecule has 2 aromatic rings. The topological polar surface area (TPSA) is 51.6 Å². The van der Waals surface area contributed by atoms with Crippen molar-refractivity contribution in [2.24, 2.45) is 0 Å². The first-order valence-electron chi connectivity index (χ1n) is 3.71. The van der Waals surface area contributed by atoms with Crippen LogP contribution in [0.5, 0.6) is 0 Å². The van der Waals surface area contributed by atoms with Gasteiger partial charge in [0, 0.05) is 35.9 Å². The third kappa shape index (κ3) is 1.97. The molecule has 0 aliphatic carbocycles. The Bertz CT molecular complexity index is 383. The monoisotopic (exact) mass is 226 g/mol. The molecule has 0 saturated heterocycles. The summed E-state index contributed by atoms with van der Waals surface area (Å²) in [6.07, 6.45) is 6.40. The van der Waals surface area contributed by atoms with Crippen molar-refractivity contribution in [3.63, 3.8) is 0 Å². The maximum absolute atomic E-state index is 5.55. The normalized spacial score (nSPS) is 10.1. The zero-order valence-electron chi connectivity index (χ0n) is 6.85. The van der Waals surface area contributed by atoms with E-state index in [0.29, 0.717) is 0 Å². The smallest absolute Gasteiger partial charge is 0.222 e. The second-order valence-electron chi connectivity index (χ2n) is 2.48. The van der Waals surface area contributed by atoms with Crippen LogP contribution in [0.25, 0.3) is 11.1 Å². The van der Waals surface area contributed by atoms with E-state index >= 15 is 0 Å². The summed E-state index contributed by atoms with van der Waals surface area (Å²) in [7, 11) is 0. The molecule has 0 unspecified atom stereocenters. The number of hydrogen-bond donors (Lipinski definition) is 0. The maximum atomic E-state index is 5.55. The van der Waals surface area contributed by atoms with Crippen LogP contribution in [0.2, 0.25) is 10.6 Å². The number of hydrogen-bond acceptors (Lipinski definition) is 4. The highest BCUT2D eigenvalue weighted by Gasteiger charge is 2.00. The quantitative estimate of drug-likeness (QED) is 0.701. The van der Waals surface area contributed by atoms with Gasteiger partial charge < -0.3 is 0 Å². The van der Waals surface area contributed by atoms with E-state index in [-0.39, 0.29) is 10.6 Å². The summed E-state index contributed by atoms with van der Waals surface area (Å²) in [6, 6.07) is 0. The summed E-state index contributed by atoms with van der Waals surface area (Å²) in [5.41, 5.74) is 1.59. The highest BCUT2D eigenvalue weighted by atomic mass is 35.5. The van der Waals surface area contributed by atoms with Gasteiger partial charge in [0.2, 0.25) is 10.6 Å². The average Bonchev–Trinajstić information content (AvgIpc) is 2.21. The Morgan fingerprint density at radius 2 is 0.929 bits per heavy atom. The van der Waals surface area contributed by atoms with Gasteiger partial charge in [0.05, 0.1) is 0 Å². The number of halogens is 2. The molecule has 0 saturated carbocycles. The minimum Gasteiger partial charge on any atom is -0.226 e. The summed E-state index contributed by atoms with van der Waals surface area (Å²) in [6.45, 7) is 0. The SMILES string of the molecule is Clc1ncc(-c2cnc(Cl)nc2)cn1. The highest BCUT2D eigenvalue weighted by Crippen LogP contribution is 2.16. The van der Waals surface area contributed by atoms with Crippen molar-refractivity contribution in [2.75, 3.05) is 0 Å². The molecule has 0 fully saturated rings. The van der Waals surface area contributed by atoms with Crippen LogP contribution in [-0.4, -0.2) is 19.9 Å². The number of nitrogens with zero attached hydrogens (tertiary/aromatic N) is 4. The molecule has 0 N–H and O–H groups in total. The van der Waals surface area contributed by atoms with Gasteiger partial charge in [-0.1, -0.05) is 0 Å². The van der Waals surface area contributed by atoms with E-state index in [1.165, 1.54) is 0 Å². The first kappa shape index (κ1) is 9.30. The van der Waals surface area contributed by atoms with Crippen LogP contribution in [0.15, 0.2) is 24.8 Å². The van der Waals surface area contributed by atoms with Crippen LogP contribution < -0.4 is 0 Å². The minimum absolute atomic E-state index is 0.212. The lowest BCUT2D eigenvalue weighted by atomic mass is 10.2. The van der Waals surface area contributed by atoms with Crippen LogP contribution in [0.4, 0.5) is 0 Å². The minimum atomic E-state index is 0.212. The zero-order valence-corrected chi connectivity index (χ0v) is 8.37. The summed E-state index contributed by atoms with van der Waals surface area (Å²) < 4.78 is 0. The van der Waals surface area contributed by atoms with Gasteiger partial charge in [-0.05, 0) is 23.2 Å². The van der Waals surface area contributed by atoms with Crippen LogP contribution in [0.3, 0.4) is 0 Å². The van der Waals surface area contributed by atoms with E-state index in [2.05, 4.69) is 19.9 Å². The third-order valence-corrected chi connectivity index (χ3v) is 1.96. The first-order valence-corrected chi connectivity index (χ1v) is 4.47. The molecule has 4 nitrogen and oxygen atoms in total. The molecule has 0 radical (unpaired) electrons. The molecule has 70 valence electrons. The Kier molecular flexibility index (Phi) is 2.56. The van der Waals surface area contributed by atoms with Crippen LogP contribution in [-0.2, 0) is 0 Å². The van der Waals surface area contributed by atoms with Gasteiger partial charge in [0.15, 0.2) is 0 Å². The number of aromatic nitrogens is 4. The molecule has 0 atom stereocenters. The summed E-state index contributed by atoms with van der Waals surface area (Å²) in [4.78, 5) is 15.4. The van der Waals surface area contributed by atoms with E-state index in [4.69, 9.17) is 23.2 Å². The van der Waals surface area contributed by atoms with Crippen molar-refractivity contribution >= 4 is 23.2 Å². The molecule has 0 spiro atoms. The molecule has 2 aromatic heterocycles. The molecular weight excluding hydrogens is 223 g/mol. The fourth-order valence-corrected chi connectivity index (χ4v) is 1.12. The van der Waals surface area contributed by atoms with Gasteiger partial charge >= 0.3 is 0 Å². The summed E-state index contributed by atoms with van der Waals surface area (Å²) >= 11 is 11.1. The average molecular weight is 227 g/mol. The van der Waals surface area contributed by atoms with Crippen molar-refractivity contribution in [1.29, 1.82) is 0 Å². The maximum Gasteiger partial charge on any atom is 0.222 e. The molecule has 2 rings (SSSR count). The fraction of sp³-hybridized carbons (Fsp3) is 0. The van der Waals surface area contributed by atoms with Crippen molar-refractivity contribution in [3.8, 4) is 11.1 Å². The molecule has 2 heterocycles. The molecule has 0 bridgehead atoms. The summed E-state index contributed by atoms with van der Waals surface area (Å²) in [5.74, 6) is 0. The molecular formula is C8H4Cl2N4. The molecule has 0 amide bonds. The lowest BCUT2D eigenvalue weighted by molar-refractivity contribution is 1.14. The van der Waals surface area contributed by atoms with Crippen LogP contribution in [0.1, 0.15) is 0 Å².